The molecule has 1 aliphatic carbocycles. The number of halogens is 1. The Morgan fingerprint density at radius 2 is 2.38 bits per heavy atom. The van der Waals surface area contributed by atoms with E-state index in [-0.39, 0.29) is 17.3 Å². The van der Waals surface area contributed by atoms with Crippen LogP contribution in [-0.4, -0.2) is 22.3 Å². The largest absolute Gasteiger partial charge is 0.348 e. The molecule has 2 atom stereocenters. The molecule has 0 radical (unpaired) electrons. The quantitative estimate of drug-likeness (QED) is 0.804. The SMILES string of the molecule is Cc1cc(C(=O)NC2CCCC2Cl)ccn1. The molecule has 1 aromatic rings. The van der Waals surface area contributed by atoms with Gasteiger partial charge >= 0.3 is 0 Å². The summed E-state index contributed by atoms with van der Waals surface area (Å²) in [6, 6.07) is 3.62. The monoisotopic (exact) mass is 238 g/mol. The van der Waals surface area contributed by atoms with Crippen molar-refractivity contribution >= 4 is 17.5 Å². The van der Waals surface area contributed by atoms with Gasteiger partial charge in [-0.2, -0.15) is 0 Å². The Kier molecular flexibility index (Phi) is 3.44. The summed E-state index contributed by atoms with van der Waals surface area (Å²) < 4.78 is 0. The van der Waals surface area contributed by atoms with Gasteiger partial charge in [0, 0.05) is 23.5 Å². The summed E-state index contributed by atoms with van der Waals surface area (Å²) in [6.45, 7) is 1.87. The Bertz CT molecular complexity index is 394. The first-order valence-electron chi connectivity index (χ1n) is 5.54. The van der Waals surface area contributed by atoms with Crippen molar-refractivity contribution in [2.75, 3.05) is 0 Å². The Morgan fingerprint density at radius 3 is 3.00 bits per heavy atom. The van der Waals surface area contributed by atoms with Crippen LogP contribution in [0.1, 0.15) is 35.3 Å². The lowest BCUT2D eigenvalue weighted by Gasteiger charge is -2.15. The topological polar surface area (TPSA) is 42.0 Å². The smallest absolute Gasteiger partial charge is 0.251 e. The molecule has 1 amide bonds. The second-order valence-corrected chi connectivity index (χ2v) is 4.77. The molecule has 1 aromatic heterocycles. The zero-order valence-electron chi connectivity index (χ0n) is 9.24. The van der Waals surface area contributed by atoms with Crippen LogP contribution in [0.5, 0.6) is 0 Å². The zero-order valence-corrected chi connectivity index (χ0v) is 10.00. The summed E-state index contributed by atoms with van der Waals surface area (Å²) in [5, 5.41) is 3.05. The number of nitrogens with zero attached hydrogens (tertiary/aromatic N) is 1. The number of nitrogens with one attached hydrogen (secondary N) is 1. The summed E-state index contributed by atoms with van der Waals surface area (Å²) >= 11 is 6.11. The molecule has 2 rings (SSSR count). The molecule has 86 valence electrons. The van der Waals surface area contributed by atoms with Crippen LogP contribution in [0.2, 0.25) is 0 Å². The zero-order chi connectivity index (χ0) is 11.5. The number of amides is 1. The van der Waals surface area contributed by atoms with E-state index in [1.165, 1.54) is 0 Å². The molecular formula is C12H15ClN2O. The van der Waals surface area contributed by atoms with Crippen LogP contribution in [0.3, 0.4) is 0 Å². The number of pyridine rings is 1. The predicted molar refractivity (Wildman–Crippen MR) is 63.7 cm³/mol. The van der Waals surface area contributed by atoms with Gasteiger partial charge in [0.2, 0.25) is 0 Å². The maximum Gasteiger partial charge on any atom is 0.251 e. The molecular weight excluding hydrogens is 224 g/mol. The number of carbonyl (C=O) groups is 1. The molecule has 16 heavy (non-hydrogen) atoms. The lowest BCUT2D eigenvalue weighted by molar-refractivity contribution is 0.0938. The molecule has 2 unspecified atom stereocenters. The van der Waals surface area contributed by atoms with Crippen LogP contribution in [0.15, 0.2) is 18.3 Å². The van der Waals surface area contributed by atoms with Gasteiger partial charge in [0.1, 0.15) is 0 Å². The fourth-order valence-corrected chi connectivity index (χ4v) is 2.36. The summed E-state index contributed by atoms with van der Waals surface area (Å²) in [5.41, 5.74) is 1.50. The van der Waals surface area contributed by atoms with Crippen LogP contribution < -0.4 is 5.32 Å². The van der Waals surface area contributed by atoms with Crippen LogP contribution >= 0.6 is 11.6 Å². The number of carbonyl (C=O) groups excluding carboxylic acids is 1. The average molecular weight is 239 g/mol. The first-order valence-corrected chi connectivity index (χ1v) is 5.98. The minimum atomic E-state index is -0.0527. The van der Waals surface area contributed by atoms with E-state index < -0.39 is 0 Å². The first-order chi connectivity index (χ1) is 7.66. The molecule has 0 aromatic carbocycles. The first kappa shape index (κ1) is 11.4. The third-order valence-corrected chi connectivity index (χ3v) is 3.43. The average Bonchev–Trinajstić information content (AvgIpc) is 2.64. The molecule has 1 N–H and O–H groups in total. The lowest BCUT2D eigenvalue weighted by Crippen LogP contribution is -2.37. The van der Waals surface area contributed by atoms with E-state index in [9.17, 15) is 4.79 Å². The molecule has 1 aliphatic rings. The van der Waals surface area contributed by atoms with Crippen molar-refractivity contribution < 1.29 is 4.79 Å². The van der Waals surface area contributed by atoms with Gasteiger partial charge in [-0.1, -0.05) is 0 Å². The van der Waals surface area contributed by atoms with Gasteiger partial charge in [0.25, 0.3) is 5.91 Å². The second-order valence-electron chi connectivity index (χ2n) is 4.21. The summed E-state index contributed by atoms with van der Waals surface area (Å²) in [4.78, 5) is 16.0. The fraction of sp³-hybridized carbons (Fsp3) is 0.500. The van der Waals surface area contributed by atoms with Crippen molar-refractivity contribution in [2.24, 2.45) is 0 Å². The standard InChI is InChI=1S/C12H15ClN2O/c1-8-7-9(5-6-14-8)12(16)15-11-4-2-3-10(11)13/h5-7,10-11H,2-4H2,1H3,(H,15,16). The summed E-state index contributed by atoms with van der Waals surface area (Å²) in [6.07, 6.45) is 4.71. The number of hydrogen-bond donors (Lipinski definition) is 1. The van der Waals surface area contributed by atoms with Crippen molar-refractivity contribution in [1.29, 1.82) is 0 Å². The lowest BCUT2D eigenvalue weighted by atomic mass is 10.2. The second kappa shape index (κ2) is 4.83. The highest BCUT2D eigenvalue weighted by Crippen LogP contribution is 2.24. The molecule has 1 saturated carbocycles. The Hall–Kier alpha value is -1.09. The van der Waals surface area contributed by atoms with Crippen LogP contribution in [0.25, 0.3) is 0 Å². The van der Waals surface area contributed by atoms with E-state index in [2.05, 4.69) is 10.3 Å². The molecule has 0 saturated heterocycles. The molecule has 1 heterocycles. The number of rotatable bonds is 2. The van der Waals surface area contributed by atoms with Crippen LogP contribution in [-0.2, 0) is 0 Å². The highest BCUT2D eigenvalue weighted by molar-refractivity contribution is 6.21. The van der Waals surface area contributed by atoms with E-state index in [4.69, 9.17) is 11.6 Å². The third-order valence-electron chi connectivity index (χ3n) is 2.91. The van der Waals surface area contributed by atoms with Gasteiger partial charge in [0.05, 0.1) is 5.38 Å². The molecule has 0 aliphatic heterocycles. The van der Waals surface area contributed by atoms with Crippen molar-refractivity contribution in [1.82, 2.24) is 10.3 Å². The summed E-state index contributed by atoms with van der Waals surface area (Å²) in [7, 11) is 0. The minimum absolute atomic E-state index is 0.0527. The van der Waals surface area contributed by atoms with E-state index >= 15 is 0 Å². The van der Waals surface area contributed by atoms with Crippen molar-refractivity contribution in [3.05, 3.63) is 29.6 Å². The predicted octanol–water partition coefficient (Wildman–Crippen LogP) is 2.28. The number of hydrogen-bond acceptors (Lipinski definition) is 2. The Balaban J connectivity index is 2.03. The van der Waals surface area contributed by atoms with Crippen molar-refractivity contribution in [3.63, 3.8) is 0 Å². The van der Waals surface area contributed by atoms with Crippen molar-refractivity contribution in [3.8, 4) is 0 Å². The van der Waals surface area contributed by atoms with Crippen LogP contribution in [0, 0.1) is 6.92 Å². The maximum atomic E-state index is 11.9. The van der Waals surface area contributed by atoms with Gasteiger partial charge in [-0.3, -0.25) is 9.78 Å². The van der Waals surface area contributed by atoms with Crippen LogP contribution in [0.4, 0.5) is 0 Å². The van der Waals surface area contributed by atoms with E-state index in [0.717, 1.165) is 25.0 Å². The van der Waals surface area contributed by atoms with E-state index in [1.807, 2.05) is 6.92 Å². The normalized spacial score (nSPS) is 24.4. The number of alkyl halides is 1. The third kappa shape index (κ3) is 2.53. The van der Waals surface area contributed by atoms with E-state index in [0.29, 0.717) is 5.56 Å². The highest BCUT2D eigenvalue weighted by Gasteiger charge is 2.26. The van der Waals surface area contributed by atoms with Gasteiger partial charge in [-0.25, -0.2) is 0 Å². The summed E-state index contributed by atoms with van der Waals surface area (Å²) in [5.74, 6) is -0.0527. The molecule has 3 nitrogen and oxygen atoms in total. The van der Waals surface area contributed by atoms with Gasteiger partial charge in [-0.15, -0.1) is 11.6 Å². The maximum absolute atomic E-state index is 11.9. The fourth-order valence-electron chi connectivity index (χ4n) is 2.02. The molecule has 0 bridgehead atoms. The molecule has 1 fully saturated rings. The Labute approximate surface area is 100 Å². The molecule has 0 spiro atoms. The van der Waals surface area contributed by atoms with Gasteiger partial charge in [-0.05, 0) is 38.3 Å². The van der Waals surface area contributed by atoms with Crippen molar-refractivity contribution in [2.45, 2.75) is 37.6 Å². The van der Waals surface area contributed by atoms with Gasteiger partial charge in [0.15, 0.2) is 0 Å². The highest BCUT2D eigenvalue weighted by atomic mass is 35.5. The number of aryl methyl sites for hydroxylation is 1. The van der Waals surface area contributed by atoms with Gasteiger partial charge < -0.3 is 5.32 Å². The minimum Gasteiger partial charge on any atom is -0.348 e. The molecule has 4 heteroatoms. The van der Waals surface area contributed by atoms with E-state index in [1.54, 1.807) is 18.3 Å². The number of aromatic nitrogens is 1. The Morgan fingerprint density at radius 1 is 1.56 bits per heavy atom.